The highest BCUT2D eigenvalue weighted by Gasteiger charge is 2.12. The maximum Gasteiger partial charge on any atom is 0.121 e. The van der Waals surface area contributed by atoms with Crippen LogP contribution < -0.4 is 14.2 Å². The molecule has 3 aromatic carbocycles. The molecule has 0 saturated heterocycles. The van der Waals surface area contributed by atoms with Crippen LogP contribution in [0.4, 0.5) is 0 Å². The topological polar surface area (TPSA) is 48.8 Å². The zero-order chi connectivity index (χ0) is 30.3. The Morgan fingerprint density at radius 2 is 1.33 bits per heavy atom. The standard InChI is InChI=1S/C37H51N3O3/c1-5-8-26-40-36-29-34(43-28-11-25-39(6-2)7-3)22-23-35(36)38-37(40)24-17-31-15-20-33(21-16-31)42-27-10-9-12-30-13-18-32(41-4)19-14-30/h13-16,18-23,29H,5-12,17,24-28H2,1-4H3. The van der Waals surface area contributed by atoms with E-state index in [-0.39, 0.29) is 0 Å². The first-order chi connectivity index (χ1) is 21.1. The lowest BCUT2D eigenvalue weighted by atomic mass is 10.1. The normalized spacial score (nSPS) is 11.4. The first kappa shape index (κ1) is 32.4. The number of unbranched alkanes of at least 4 members (excludes halogenated alkanes) is 2. The Bertz CT molecular complexity index is 1340. The molecule has 1 aromatic heterocycles. The van der Waals surface area contributed by atoms with E-state index in [4.69, 9.17) is 19.2 Å². The molecule has 0 unspecified atom stereocenters. The molecule has 232 valence electrons. The van der Waals surface area contributed by atoms with Gasteiger partial charge in [-0.05, 0) is 99.1 Å². The van der Waals surface area contributed by atoms with Crippen LogP contribution in [-0.2, 0) is 25.8 Å². The van der Waals surface area contributed by atoms with Gasteiger partial charge in [0, 0.05) is 25.6 Å². The summed E-state index contributed by atoms with van der Waals surface area (Å²) in [6.45, 7) is 12.4. The molecule has 0 aliphatic heterocycles. The predicted octanol–water partition coefficient (Wildman–Crippen LogP) is 8.14. The van der Waals surface area contributed by atoms with Crippen LogP contribution >= 0.6 is 0 Å². The first-order valence-corrected chi connectivity index (χ1v) is 16.3. The fourth-order valence-corrected chi connectivity index (χ4v) is 5.44. The zero-order valence-corrected chi connectivity index (χ0v) is 26.8. The van der Waals surface area contributed by atoms with E-state index in [0.717, 1.165) is 119 Å². The van der Waals surface area contributed by atoms with Crippen molar-refractivity contribution >= 4 is 11.0 Å². The number of fused-ring (bicyclic) bond motifs is 1. The van der Waals surface area contributed by atoms with E-state index in [2.05, 4.69) is 84.8 Å². The minimum atomic E-state index is 0.735. The zero-order valence-electron chi connectivity index (χ0n) is 26.8. The number of aryl methyl sites for hydroxylation is 4. The third-order valence-corrected chi connectivity index (χ3v) is 8.16. The molecule has 6 heteroatoms. The van der Waals surface area contributed by atoms with Crippen LogP contribution in [0.3, 0.4) is 0 Å². The Morgan fingerprint density at radius 3 is 2.02 bits per heavy atom. The number of hydrogen-bond acceptors (Lipinski definition) is 5. The number of ether oxygens (including phenoxy) is 3. The van der Waals surface area contributed by atoms with Crippen LogP contribution in [0.15, 0.2) is 66.7 Å². The summed E-state index contributed by atoms with van der Waals surface area (Å²) in [5, 5.41) is 0. The lowest BCUT2D eigenvalue weighted by Gasteiger charge is -2.17. The van der Waals surface area contributed by atoms with Gasteiger partial charge in [0.25, 0.3) is 0 Å². The number of aromatic nitrogens is 2. The van der Waals surface area contributed by atoms with Crippen molar-refractivity contribution < 1.29 is 14.2 Å². The molecule has 0 spiro atoms. The number of benzene rings is 3. The van der Waals surface area contributed by atoms with Crippen molar-refractivity contribution in [3.05, 3.63) is 83.7 Å². The van der Waals surface area contributed by atoms with E-state index < -0.39 is 0 Å². The lowest BCUT2D eigenvalue weighted by Crippen LogP contribution is -2.25. The molecule has 0 N–H and O–H groups in total. The number of imidazole rings is 1. The molecule has 0 fully saturated rings. The largest absolute Gasteiger partial charge is 0.497 e. The molecular weight excluding hydrogens is 534 g/mol. The average Bonchev–Trinajstić information content (AvgIpc) is 3.40. The second kappa shape index (κ2) is 17.6. The molecule has 0 atom stereocenters. The fourth-order valence-electron chi connectivity index (χ4n) is 5.44. The van der Waals surface area contributed by atoms with E-state index in [1.807, 2.05) is 12.1 Å². The second-order valence-corrected chi connectivity index (χ2v) is 11.2. The highest BCUT2D eigenvalue weighted by molar-refractivity contribution is 5.78. The molecule has 0 saturated carbocycles. The van der Waals surface area contributed by atoms with Gasteiger partial charge in [0.15, 0.2) is 0 Å². The summed E-state index contributed by atoms with van der Waals surface area (Å²) in [6, 6.07) is 23.3. The third kappa shape index (κ3) is 10.0. The van der Waals surface area contributed by atoms with Gasteiger partial charge in [-0.25, -0.2) is 4.98 Å². The Hall–Kier alpha value is -3.51. The summed E-state index contributed by atoms with van der Waals surface area (Å²) in [6.07, 6.45) is 8.38. The van der Waals surface area contributed by atoms with Crippen LogP contribution in [-0.4, -0.2) is 54.4 Å². The minimum Gasteiger partial charge on any atom is -0.497 e. The number of methoxy groups -OCH3 is 1. The van der Waals surface area contributed by atoms with Crippen molar-refractivity contribution in [3.8, 4) is 17.2 Å². The molecule has 6 nitrogen and oxygen atoms in total. The minimum absolute atomic E-state index is 0.735. The summed E-state index contributed by atoms with van der Waals surface area (Å²) in [5.41, 5.74) is 4.87. The Morgan fingerprint density at radius 1 is 0.674 bits per heavy atom. The molecule has 4 aromatic rings. The monoisotopic (exact) mass is 585 g/mol. The molecule has 0 bridgehead atoms. The molecular formula is C37H51N3O3. The van der Waals surface area contributed by atoms with Gasteiger partial charge in [0.2, 0.25) is 0 Å². The second-order valence-electron chi connectivity index (χ2n) is 11.2. The van der Waals surface area contributed by atoms with E-state index in [0.29, 0.717) is 0 Å². The first-order valence-electron chi connectivity index (χ1n) is 16.3. The van der Waals surface area contributed by atoms with E-state index >= 15 is 0 Å². The van der Waals surface area contributed by atoms with Gasteiger partial charge in [-0.3, -0.25) is 0 Å². The van der Waals surface area contributed by atoms with Crippen LogP contribution in [0.1, 0.15) is 69.8 Å². The maximum atomic E-state index is 6.15. The van der Waals surface area contributed by atoms with Gasteiger partial charge in [0.05, 0.1) is 31.4 Å². The van der Waals surface area contributed by atoms with Crippen molar-refractivity contribution in [2.24, 2.45) is 0 Å². The van der Waals surface area contributed by atoms with E-state index in [1.165, 1.54) is 16.6 Å². The maximum absolute atomic E-state index is 6.15. The quantitative estimate of drug-likeness (QED) is 0.0980. The molecule has 0 aliphatic rings. The van der Waals surface area contributed by atoms with Crippen molar-refractivity contribution in [3.63, 3.8) is 0 Å². The van der Waals surface area contributed by atoms with Crippen LogP contribution in [0.2, 0.25) is 0 Å². The lowest BCUT2D eigenvalue weighted by molar-refractivity contribution is 0.249. The van der Waals surface area contributed by atoms with Gasteiger partial charge in [0.1, 0.15) is 23.1 Å². The number of nitrogens with zero attached hydrogens (tertiary/aromatic N) is 3. The highest BCUT2D eigenvalue weighted by atomic mass is 16.5. The smallest absolute Gasteiger partial charge is 0.121 e. The molecule has 0 amide bonds. The Kier molecular flexibility index (Phi) is 13.2. The molecule has 4 rings (SSSR count). The van der Waals surface area contributed by atoms with Gasteiger partial charge >= 0.3 is 0 Å². The number of rotatable bonds is 20. The van der Waals surface area contributed by atoms with Crippen molar-refractivity contribution in [2.45, 2.75) is 78.7 Å². The molecule has 43 heavy (non-hydrogen) atoms. The van der Waals surface area contributed by atoms with E-state index in [1.54, 1.807) is 7.11 Å². The SMILES string of the molecule is CCCCn1c(CCc2ccc(OCCCCc3ccc(OC)cc3)cc2)nc2ccc(OCCCN(CC)CC)cc21. The number of hydrogen-bond donors (Lipinski definition) is 0. The molecule has 0 aliphatic carbocycles. The Balaban J connectivity index is 1.26. The summed E-state index contributed by atoms with van der Waals surface area (Å²) < 4.78 is 19.8. The van der Waals surface area contributed by atoms with Crippen LogP contribution in [0.5, 0.6) is 17.2 Å². The average molecular weight is 586 g/mol. The summed E-state index contributed by atoms with van der Waals surface area (Å²) in [7, 11) is 1.70. The van der Waals surface area contributed by atoms with Gasteiger partial charge in [-0.15, -0.1) is 0 Å². The van der Waals surface area contributed by atoms with Crippen LogP contribution in [0.25, 0.3) is 11.0 Å². The summed E-state index contributed by atoms with van der Waals surface area (Å²) >= 11 is 0. The molecule has 0 radical (unpaired) electrons. The summed E-state index contributed by atoms with van der Waals surface area (Å²) in [4.78, 5) is 7.48. The van der Waals surface area contributed by atoms with E-state index in [9.17, 15) is 0 Å². The third-order valence-electron chi connectivity index (χ3n) is 8.16. The predicted molar refractivity (Wildman–Crippen MR) is 178 cm³/mol. The van der Waals surface area contributed by atoms with Crippen molar-refractivity contribution in [2.75, 3.05) is 40.0 Å². The van der Waals surface area contributed by atoms with Gasteiger partial charge < -0.3 is 23.7 Å². The summed E-state index contributed by atoms with van der Waals surface area (Å²) in [5.74, 6) is 3.93. The van der Waals surface area contributed by atoms with Crippen LogP contribution in [0, 0.1) is 0 Å². The Labute approximate surface area is 259 Å². The fraction of sp³-hybridized carbons (Fsp3) is 0.486. The highest BCUT2D eigenvalue weighted by Crippen LogP contribution is 2.24. The van der Waals surface area contributed by atoms with Crippen molar-refractivity contribution in [1.29, 1.82) is 0 Å². The molecule has 1 heterocycles. The van der Waals surface area contributed by atoms with Crippen molar-refractivity contribution in [1.82, 2.24) is 14.5 Å². The van der Waals surface area contributed by atoms with Gasteiger partial charge in [-0.1, -0.05) is 51.5 Å². The van der Waals surface area contributed by atoms with Gasteiger partial charge in [-0.2, -0.15) is 0 Å².